The van der Waals surface area contributed by atoms with Crippen molar-refractivity contribution < 1.29 is 23.5 Å². The molecule has 0 spiro atoms. The second kappa shape index (κ2) is 10.1. The predicted octanol–water partition coefficient (Wildman–Crippen LogP) is 2.15. The fourth-order valence-electron chi connectivity index (χ4n) is 2.31. The van der Waals surface area contributed by atoms with Gasteiger partial charge >= 0.3 is 0 Å². The molecular formula is C13H32O5Si3. The third kappa shape index (κ3) is 11.5. The highest BCUT2D eigenvalue weighted by Gasteiger charge is 2.34. The average molecular weight is 353 g/mol. The summed E-state index contributed by atoms with van der Waals surface area (Å²) >= 11 is 0. The molecule has 2 N–H and O–H groups in total. The normalized spacial score (nSPS) is 14.2. The van der Waals surface area contributed by atoms with Crippen LogP contribution in [-0.4, -0.2) is 61.5 Å². The van der Waals surface area contributed by atoms with Gasteiger partial charge in [-0.3, -0.25) is 0 Å². The molecular weight excluding hydrogens is 320 g/mol. The van der Waals surface area contributed by atoms with Crippen LogP contribution in [0.5, 0.6) is 0 Å². The standard InChI is InChI=1S/C13H32O5Si3/c1-6-19(16)12-21(4,5)18-20(2,3)9-7-8-17-11-13(15)10-14/h13-15H,6-12H2,1-5H3. The molecule has 0 rings (SSSR count). The summed E-state index contributed by atoms with van der Waals surface area (Å²) < 4.78 is 23.5. The zero-order valence-corrected chi connectivity index (χ0v) is 17.1. The topological polar surface area (TPSA) is 76.0 Å². The number of hydrogen-bond donors (Lipinski definition) is 2. The van der Waals surface area contributed by atoms with E-state index in [1.54, 1.807) is 0 Å². The minimum absolute atomic E-state index is 0.179. The van der Waals surface area contributed by atoms with Crippen molar-refractivity contribution >= 4 is 25.3 Å². The van der Waals surface area contributed by atoms with Crippen LogP contribution in [0.2, 0.25) is 43.9 Å². The van der Waals surface area contributed by atoms with Gasteiger partial charge in [0.2, 0.25) is 0 Å². The lowest BCUT2D eigenvalue weighted by Crippen LogP contribution is -2.45. The van der Waals surface area contributed by atoms with Crippen molar-refractivity contribution in [3.05, 3.63) is 0 Å². The largest absolute Gasteiger partial charge is 0.455 e. The van der Waals surface area contributed by atoms with E-state index in [0.29, 0.717) is 6.61 Å². The Bertz CT molecular complexity index is 310. The highest BCUT2D eigenvalue weighted by Crippen LogP contribution is 2.23. The van der Waals surface area contributed by atoms with Gasteiger partial charge in [-0.05, 0) is 44.7 Å². The smallest absolute Gasteiger partial charge is 0.275 e. The van der Waals surface area contributed by atoms with E-state index < -0.39 is 31.4 Å². The fraction of sp³-hybridized carbons (Fsp3) is 1.00. The van der Waals surface area contributed by atoms with E-state index in [-0.39, 0.29) is 13.2 Å². The Morgan fingerprint density at radius 2 is 1.81 bits per heavy atom. The maximum Gasteiger partial charge on any atom is 0.275 e. The molecule has 0 aliphatic carbocycles. The van der Waals surface area contributed by atoms with E-state index in [4.69, 9.17) is 19.1 Å². The molecule has 0 radical (unpaired) electrons. The van der Waals surface area contributed by atoms with Crippen LogP contribution in [-0.2, 0) is 13.3 Å². The first kappa shape index (κ1) is 21.3. The Labute approximate surface area is 132 Å². The number of aliphatic hydroxyl groups is 2. The molecule has 0 saturated carbocycles. The van der Waals surface area contributed by atoms with E-state index in [2.05, 4.69) is 26.2 Å². The van der Waals surface area contributed by atoms with E-state index in [0.717, 1.165) is 24.2 Å². The molecule has 0 aromatic heterocycles. The van der Waals surface area contributed by atoms with Crippen LogP contribution in [0.3, 0.4) is 0 Å². The number of hydrogen-bond acceptors (Lipinski definition) is 5. The van der Waals surface area contributed by atoms with Crippen molar-refractivity contribution in [2.24, 2.45) is 0 Å². The maximum absolute atomic E-state index is 11.8. The molecule has 0 heterocycles. The van der Waals surface area contributed by atoms with Crippen LogP contribution in [0, 0.1) is 0 Å². The SMILES string of the molecule is CC[Si](=O)C[Si](C)(C)O[Si](C)(C)CCCOCC(O)CO. The predicted molar refractivity (Wildman–Crippen MR) is 91.1 cm³/mol. The van der Waals surface area contributed by atoms with Gasteiger partial charge in [0.1, 0.15) is 6.10 Å². The van der Waals surface area contributed by atoms with E-state index in [1.807, 2.05) is 6.92 Å². The Morgan fingerprint density at radius 1 is 1.19 bits per heavy atom. The molecule has 5 nitrogen and oxygen atoms in total. The second-order valence-corrected chi connectivity index (χ2v) is 18.3. The molecule has 0 aliphatic rings. The van der Waals surface area contributed by atoms with Crippen molar-refractivity contribution in [3.63, 3.8) is 0 Å². The summed E-state index contributed by atoms with van der Waals surface area (Å²) in [7, 11) is -5.06. The second-order valence-electron chi connectivity index (χ2n) is 6.71. The summed E-state index contributed by atoms with van der Waals surface area (Å²) in [4.78, 5) is 0. The minimum Gasteiger partial charge on any atom is -0.455 e. The molecule has 126 valence electrons. The van der Waals surface area contributed by atoms with Gasteiger partial charge in [-0.1, -0.05) is 6.92 Å². The molecule has 1 unspecified atom stereocenters. The quantitative estimate of drug-likeness (QED) is 0.416. The Kier molecular flexibility index (Phi) is 10.3. The zero-order chi connectivity index (χ0) is 16.5. The van der Waals surface area contributed by atoms with Crippen LogP contribution in [0.1, 0.15) is 13.3 Å². The lowest BCUT2D eigenvalue weighted by Gasteiger charge is -2.33. The first-order chi connectivity index (χ1) is 9.62. The maximum atomic E-state index is 11.8. The Hall–Kier alpha value is 0.291. The van der Waals surface area contributed by atoms with Gasteiger partial charge in [0, 0.05) is 12.3 Å². The van der Waals surface area contributed by atoms with Gasteiger partial charge in [-0.2, -0.15) is 0 Å². The van der Waals surface area contributed by atoms with E-state index in [1.165, 1.54) is 0 Å². The monoisotopic (exact) mass is 352 g/mol. The van der Waals surface area contributed by atoms with Gasteiger partial charge < -0.3 is 23.5 Å². The summed E-state index contributed by atoms with van der Waals surface area (Å²) in [6.45, 7) is 11.2. The molecule has 0 aromatic carbocycles. The van der Waals surface area contributed by atoms with E-state index in [9.17, 15) is 4.46 Å². The molecule has 0 aromatic rings. The first-order valence-electron chi connectivity index (χ1n) is 7.70. The van der Waals surface area contributed by atoms with Crippen molar-refractivity contribution in [1.29, 1.82) is 0 Å². The summed E-state index contributed by atoms with van der Waals surface area (Å²) in [6.07, 6.45) is 0.106. The van der Waals surface area contributed by atoms with Crippen molar-refractivity contribution in [2.75, 3.05) is 19.8 Å². The Morgan fingerprint density at radius 3 is 2.33 bits per heavy atom. The van der Waals surface area contributed by atoms with E-state index >= 15 is 0 Å². The first-order valence-corrected chi connectivity index (χ1v) is 15.8. The number of rotatable bonds is 12. The van der Waals surface area contributed by atoms with Gasteiger partial charge in [-0.15, -0.1) is 0 Å². The lowest BCUT2D eigenvalue weighted by atomic mass is 10.4. The molecule has 0 aliphatic heterocycles. The highest BCUT2D eigenvalue weighted by molar-refractivity contribution is 6.88. The van der Waals surface area contributed by atoms with Gasteiger partial charge in [0.25, 0.3) is 8.68 Å². The summed E-state index contributed by atoms with van der Waals surface area (Å²) in [6, 6.07) is 1.76. The molecule has 8 heteroatoms. The average Bonchev–Trinajstić information content (AvgIpc) is 2.35. The number of ether oxygens (including phenoxy) is 1. The van der Waals surface area contributed by atoms with Crippen molar-refractivity contribution in [1.82, 2.24) is 0 Å². The fourth-order valence-corrected chi connectivity index (χ4v) is 15.4. The third-order valence-corrected chi connectivity index (χ3v) is 14.9. The van der Waals surface area contributed by atoms with Gasteiger partial charge in [0.15, 0.2) is 16.6 Å². The van der Waals surface area contributed by atoms with Crippen LogP contribution in [0.4, 0.5) is 0 Å². The third-order valence-electron chi connectivity index (χ3n) is 3.16. The van der Waals surface area contributed by atoms with Crippen LogP contribution < -0.4 is 0 Å². The Balaban J connectivity index is 4.04. The van der Waals surface area contributed by atoms with Crippen molar-refractivity contribution in [2.45, 2.75) is 63.4 Å². The lowest BCUT2D eigenvalue weighted by molar-refractivity contribution is 0.00639. The van der Waals surface area contributed by atoms with Crippen LogP contribution >= 0.6 is 0 Å². The highest BCUT2D eigenvalue weighted by atomic mass is 28.4. The van der Waals surface area contributed by atoms with Crippen LogP contribution in [0.15, 0.2) is 0 Å². The summed E-state index contributed by atoms with van der Waals surface area (Å²) in [5.41, 5.74) is 0.782. The molecule has 21 heavy (non-hydrogen) atoms. The van der Waals surface area contributed by atoms with Crippen LogP contribution in [0.25, 0.3) is 0 Å². The zero-order valence-electron chi connectivity index (χ0n) is 14.1. The van der Waals surface area contributed by atoms with Crippen molar-refractivity contribution in [3.8, 4) is 0 Å². The molecule has 0 fully saturated rings. The number of aliphatic hydroxyl groups excluding tert-OH is 2. The summed E-state index contributed by atoms with van der Waals surface area (Å²) in [5, 5.41) is 17.8. The summed E-state index contributed by atoms with van der Waals surface area (Å²) in [5.74, 6) is 0. The van der Waals surface area contributed by atoms with Gasteiger partial charge in [-0.25, -0.2) is 0 Å². The minimum atomic E-state index is -1.83. The molecule has 0 saturated heterocycles. The molecule has 0 bridgehead atoms. The van der Waals surface area contributed by atoms with Gasteiger partial charge in [0.05, 0.1) is 13.2 Å². The molecule has 0 amide bonds. The molecule has 1 atom stereocenters.